The van der Waals surface area contributed by atoms with E-state index in [4.69, 9.17) is 14.2 Å². The third-order valence-corrected chi connectivity index (χ3v) is 9.03. The van der Waals surface area contributed by atoms with Crippen LogP contribution >= 0.6 is 0 Å². The van der Waals surface area contributed by atoms with Crippen molar-refractivity contribution < 1.29 is 28.6 Å². The number of carbonyl (C=O) groups is 3. The van der Waals surface area contributed by atoms with Crippen molar-refractivity contribution in [1.82, 2.24) is 0 Å². The highest BCUT2D eigenvalue weighted by atomic mass is 16.6. The highest BCUT2D eigenvalue weighted by Gasteiger charge is 2.19. The molecule has 0 spiro atoms. The van der Waals surface area contributed by atoms with Gasteiger partial charge in [-0.1, -0.05) is 174 Å². The summed E-state index contributed by atoms with van der Waals surface area (Å²) in [4.78, 5) is 37.7. The largest absolute Gasteiger partial charge is 0.462 e. The molecular weight excluding hydrogens is 733 g/mol. The van der Waals surface area contributed by atoms with Gasteiger partial charge in [-0.25, -0.2) is 0 Å². The Morgan fingerprint density at radius 2 is 0.746 bits per heavy atom. The molecule has 0 rings (SSSR count). The normalized spacial score (nSPS) is 13.2. The van der Waals surface area contributed by atoms with Crippen molar-refractivity contribution in [2.75, 3.05) is 13.2 Å². The van der Waals surface area contributed by atoms with Gasteiger partial charge in [0.15, 0.2) is 6.10 Å². The summed E-state index contributed by atoms with van der Waals surface area (Å²) in [6.07, 6.45) is 63.3. The van der Waals surface area contributed by atoms with Gasteiger partial charge in [0.25, 0.3) is 0 Å². The van der Waals surface area contributed by atoms with E-state index in [1.165, 1.54) is 19.3 Å². The summed E-state index contributed by atoms with van der Waals surface area (Å²) in [5.41, 5.74) is 0. The maximum absolute atomic E-state index is 12.7. The lowest BCUT2D eigenvalue weighted by molar-refractivity contribution is -0.167. The molecule has 0 aromatic carbocycles. The first kappa shape index (κ1) is 54.8. The molecule has 1 atom stereocenters. The summed E-state index contributed by atoms with van der Waals surface area (Å²) in [6.45, 7) is 6.22. The Morgan fingerprint density at radius 3 is 1.29 bits per heavy atom. The van der Waals surface area contributed by atoms with Gasteiger partial charge in [-0.2, -0.15) is 0 Å². The van der Waals surface area contributed by atoms with Crippen LogP contribution in [0.2, 0.25) is 0 Å². The SMILES string of the molecule is CC/C=C\C/C=C\C/C=C\CCCCC(=O)OC(COC(=O)CCC/C=C\C/C=C\C/C=C\CC)COC(=O)CCCCCCC\C=C/C=C\C=C/C=C\CCCCC. The summed E-state index contributed by atoms with van der Waals surface area (Å²) < 4.78 is 16.6. The molecule has 0 fully saturated rings. The van der Waals surface area contributed by atoms with Crippen LogP contribution in [0.15, 0.2) is 122 Å². The molecule has 0 aliphatic carbocycles. The van der Waals surface area contributed by atoms with E-state index in [0.717, 1.165) is 103 Å². The first-order chi connectivity index (χ1) is 29.0. The van der Waals surface area contributed by atoms with Gasteiger partial charge >= 0.3 is 17.9 Å². The predicted molar refractivity (Wildman–Crippen MR) is 251 cm³/mol. The number of hydrogen-bond donors (Lipinski definition) is 0. The van der Waals surface area contributed by atoms with E-state index >= 15 is 0 Å². The molecule has 0 aliphatic rings. The van der Waals surface area contributed by atoms with Crippen molar-refractivity contribution in [3.8, 4) is 0 Å². The molecule has 59 heavy (non-hydrogen) atoms. The maximum Gasteiger partial charge on any atom is 0.306 e. The number of hydrogen-bond acceptors (Lipinski definition) is 6. The van der Waals surface area contributed by atoms with E-state index < -0.39 is 6.10 Å². The second-order valence-corrected chi connectivity index (χ2v) is 14.6. The van der Waals surface area contributed by atoms with Crippen LogP contribution < -0.4 is 0 Å². The summed E-state index contributed by atoms with van der Waals surface area (Å²) in [7, 11) is 0. The maximum atomic E-state index is 12.7. The molecule has 0 aromatic rings. The second-order valence-electron chi connectivity index (χ2n) is 14.6. The average molecular weight is 815 g/mol. The Bertz CT molecular complexity index is 1300. The fourth-order valence-electron chi connectivity index (χ4n) is 5.61. The lowest BCUT2D eigenvalue weighted by Crippen LogP contribution is -2.30. The van der Waals surface area contributed by atoms with Crippen molar-refractivity contribution in [1.29, 1.82) is 0 Å². The van der Waals surface area contributed by atoms with Crippen LogP contribution in [0.1, 0.15) is 175 Å². The second kappa shape index (κ2) is 46.5. The van der Waals surface area contributed by atoms with Gasteiger partial charge in [-0.15, -0.1) is 0 Å². The minimum Gasteiger partial charge on any atom is -0.462 e. The van der Waals surface area contributed by atoms with Crippen molar-refractivity contribution in [2.45, 2.75) is 181 Å². The van der Waals surface area contributed by atoms with Crippen LogP contribution in [0.3, 0.4) is 0 Å². The number of allylic oxidation sites excluding steroid dienone is 20. The Labute approximate surface area is 361 Å². The molecule has 0 aliphatic heterocycles. The van der Waals surface area contributed by atoms with Gasteiger partial charge < -0.3 is 14.2 Å². The molecular formula is C53H82O6. The molecule has 0 N–H and O–H groups in total. The van der Waals surface area contributed by atoms with E-state index in [0.29, 0.717) is 19.3 Å². The molecule has 330 valence electrons. The minimum atomic E-state index is -0.829. The van der Waals surface area contributed by atoms with E-state index in [-0.39, 0.29) is 44.0 Å². The third kappa shape index (κ3) is 44.8. The number of ether oxygens (including phenoxy) is 3. The Morgan fingerprint density at radius 1 is 0.373 bits per heavy atom. The predicted octanol–water partition coefficient (Wildman–Crippen LogP) is 15.0. The number of unbranched alkanes of at least 4 members (excludes halogenated alkanes) is 11. The van der Waals surface area contributed by atoms with Gasteiger partial charge in [0.1, 0.15) is 13.2 Å². The molecule has 6 nitrogen and oxygen atoms in total. The van der Waals surface area contributed by atoms with Gasteiger partial charge in [0.05, 0.1) is 0 Å². The van der Waals surface area contributed by atoms with E-state index in [2.05, 4.69) is 142 Å². The fourth-order valence-corrected chi connectivity index (χ4v) is 5.61. The Balaban J connectivity index is 4.54. The van der Waals surface area contributed by atoms with E-state index in [1.807, 2.05) is 0 Å². The Kier molecular flexibility index (Phi) is 43.2. The third-order valence-electron chi connectivity index (χ3n) is 9.03. The standard InChI is InChI=1S/C53H82O6/c1-4-7-10-13-16-19-22-24-25-26-27-28-29-32-34-37-40-43-46-52(55)58-49-50(48-57-51(54)45-42-39-36-33-30-21-18-15-12-9-6-3)59-53(56)47-44-41-38-35-31-23-20-17-14-11-8-5-2/h8-9,11-12,16-22,24-28,31,33,35-36,50H,4-7,10,13-15,23,29-30,32,34,37-49H2,1-3H3/b11-8-,12-9-,19-16-,20-17-,21-18-,24-22-,26-25-,28-27-,35-31-,36-33-. The molecule has 6 heteroatoms. The minimum absolute atomic E-state index is 0.126. The van der Waals surface area contributed by atoms with Crippen LogP contribution in [0.25, 0.3) is 0 Å². The van der Waals surface area contributed by atoms with Crippen LogP contribution in [0.5, 0.6) is 0 Å². The quantitative estimate of drug-likeness (QED) is 0.0202. The van der Waals surface area contributed by atoms with Crippen molar-refractivity contribution in [3.05, 3.63) is 122 Å². The van der Waals surface area contributed by atoms with Crippen LogP contribution in [0, 0.1) is 0 Å². The van der Waals surface area contributed by atoms with Crippen LogP contribution in [-0.2, 0) is 28.6 Å². The molecule has 0 bridgehead atoms. The highest BCUT2D eigenvalue weighted by molar-refractivity contribution is 5.71. The van der Waals surface area contributed by atoms with Crippen molar-refractivity contribution in [2.24, 2.45) is 0 Å². The van der Waals surface area contributed by atoms with Crippen LogP contribution in [-0.4, -0.2) is 37.2 Å². The molecule has 0 radical (unpaired) electrons. The number of esters is 3. The monoisotopic (exact) mass is 815 g/mol. The summed E-state index contributed by atoms with van der Waals surface area (Å²) in [5.74, 6) is -1.06. The summed E-state index contributed by atoms with van der Waals surface area (Å²) >= 11 is 0. The van der Waals surface area contributed by atoms with Crippen molar-refractivity contribution >= 4 is 17.9 Å². The van der Waals surface area contributed by atoms with Gasteiger partial charge in [0, 0.05) is 19.3 Å². The van der Waals surface area contributed by atoms with Gasteiger partial charge in [-0.3, -0.25) is 14.4 Å². The topological polar surface area (TPSA) is 78.9 Å². The van der Waals surface area contributed by atoms with E-state index in [1.54, 1.807) is 0 Å². The summed E-state index contributed by atoms with van der Waals surface area (Å²) in [6, 6.07) is 0. The zero-order chi connectivity index (χ0) is 43.0. The lowest BCUT2D eigenvalue weighted by atomic mass is 10.1. The number of rotatable bonds is 39. The van der Waals surface area contributed by atoms with Gasteiger partial charge in [-0.05, 0) is 103 Å². The molecule has 0 heterocycles. The van der Waals surface area contributed by atoms with E-state index in [9.17, 15) is 14.4 Å². The smallest absolute Gasteiger partial charge is 0.306 e. The molecule has 0 saturated carbocycles. The first-order valence-electron chi connectivity index (χ1n) is 23.1. The molecule has 0 amide bonds. The average Bonchev–Trinajstić information content (AvgIpc) is 3.23. The lowest BCUT2D eigenvalue weighted by Gasteiger charge is -2.18. The fraction of sp³-hybridized carbons (Fsp3) is 0.566. The zero-order valence-corrected chi connectivity index (χ0v) is 37.5. The first-order valence-corrected chi connectivity index (χ1v) is 23.1. The molecule has 1 unspecified atom stereocenters. The van der Waals surface area contributed by atoms with Crippen molar-refractivity contribution in [3.63, 3.8) is 0 Å². The Hall–Kier alpha value is -4.19. The summed E-state index contributed by atoms with van der Waals surface area (Å²) in [5, 5.41) is 0. The zero-order valence-electron chi connectivity index (χ0n) is 37.5. The number of carbonyl (C=O) groups excluding carboxylic acids is 3. The molecule has 0 aromatic heterocycles. The van der Waals surface area contributed by atoms with Crippen LogP contribution in [0.4, 0.5) is 0 Å². The highest BCUT2D eigenvalue weighted by Crippen LogP contribution is 2.11. The van der Waals surface area contributed by atoms with Gasteiger partial charge in [0.2, 0.25) is 0 Å². The molecule has 0 saturated heterocycles.